The van der Waals surface area contributed by atoms with Crippen LogP contribution in [0.1, 0.15) is 26.3 Å². The van der Waals surface area contributed by atoms with Crippen molar-refractivity contribution in [1.29, 1.82) is 0 Å². The predicted molar refractivity (Wildman–Crippen MR) is 140 cm³/mol. The van der Waals surface area contributed by atoms with Gasteiger partial charge in [0.25, 0.3) is 0 Å². The van der Waals surface area contributed by atoms with Crippen molar-refractivity contribution in [3.63, 3.8) is 0 Å². The lowest BCUT2D eigenvalue weighted by molar-refractivity contribution is -0.203. The van der Waals surface area contributed by atoms with Crippen molar-refractivity contribution in [1.82, 2.24) is 15.1 Å². The standard InChI is InChI=1S/C25H23F7N6O5S/c1-22(2)19(33)37-23(3,21(42-20(39)25(30,31)32)44(22,40)36-11-24(27,28)29)13-7-12(5-6-14(13)26)17-8-15(38-43-17)16-9-35-18(41-4)10-34-16/h5-10,21H,11H2,1-4H3,(H2,33,37)/t21?,23-,44-/m1/s1. The molecule has 2 aromatic heterocycles. The number of amidine groups is 1. The van der Waals surface area contributed by atoms with E-state index in [0.717, 1.165) is 32.9 Å². The fourth-order valence-electron chi connectivity index (χ4n) is 4.25. The molecule has 3 atom stereocenters. The topological polar surface area (TPSA) is 155 Å². The minimum Gasteiger partial charge on any atom is -0.480 e. The second-order valence-corrected chi connectivity index (χ2v) is 12.9. The van der Waals surface area contributed by atoms with Crippen LogP contribution in [0.2, 0.25) is 0 Å². The quantitative estimate of drug-likeness (QED) is 0.293. The summed E-state index contributed by atoms with van der Waals surface area (Å²) in [5.74, 6) is -4.53. The monoisotopic (exact) mass is 652 g/mol. The van der Waals surface area contributed by atoms with Crippen molar-refractivity contribution in [2.45, 2.75) is 48.8 Å². The van der Waals surface area contributed by atoms with E-state index in [1.165, 1.54) is 31.6 Å². The van der Waals surface area contributed by atoms with Crippen LogP contribution in [0, 0.1) is 5.82 Å². The fraction of sp³-hybridized carbons (Fsp3) is 0.400. The Morgan fingerprint density at radius 3 is 2.34 bits per heavy atom. The van der Waals surface area contributed by atoms with Gasteiger partial charge in [0, 0.05) is 17.2 Å². The lowest BCUT2D eigenvalue weighted by Gasteiger charge is -2.45. The molecular weight excluding hydrogens is 629 g/mol. The van der Waals surface area contributed by atoms with E-state index in [9.17, 15) is 35.3 Å². The zero-order valence-corrected chi connectivity index (χ0v) is 24.0. The molecule has 1 unspecified atom stereocenters. The number of nitrogens with zero attached hydrogens (tertiary/aromatic N) is 5. The number of aliphatic imine (C=N–C) groups is 1. The molecular formula is C25H23F7N6O5S. The van der Waals surface area contributed by atoms with E-state index in [1.807, 2.05) is 0 Å². The molecule has 19 heteroatoms. The van der Waals surface area contributed by atoms with Crippen LogP contribution in [0.25, 0.3) is 22.7 Å². The van der Waals surface area contributed by atoms with E-state index >= 15 is 4.39 Å². The van der Waals surface area contributed by atoms with Crippen molar-refractivity contribution in [3.05, 3.63) is 48.0 Å². The average Bonchev–Trinajstić information content (AvgIpc) is 3.43. The van der Waals surface area contributed by atoms with E-state index in [1.54, 1.807) is 0 Å². The average molecular weight is 653 g/mol. The zero-order valence-electron chi connectivity index (χ0n) is 23.2. The summed E-state index contributed by atoms with van der Waals surface area (Å²) in [4.78, 5) is 24.2. The molecule has 3 aromatic rings. The summed E-state index contributed by atoms with van der Waals surface area (Å²) in [6, 6.07) is 4.40. The SMILES string of the molecule is COc1cnc(-c2cc(-c3ccc(F)c([C@@]4(C)N=C(N)C(C)(C)[S@@](=O)(=NCC(F)(F)F)C4OC(=O)C(F)(F)F)c3)on2)cn1. The van der Waals surface area contributed by atoms with E-state index < -0.39 is 67.5 Å². The Kier molecular flexibility index (Phi) is 8.16. The van der Waals surface area contributed by atoms with Gasteiger partial charge in [0.15, 0.2) is 5.76 Å². The molecule has 1 aliphatic heterocycles. The first kappa shape index (κ1) is 32.6. The summed E-state index contributed by atoms with van der Waals surface area (Å²) >= 11 is 0. The number of aromatic nitrogens is 3. The summed E-state index contributed by atoms with van der Waals surface area (Å²) in [6.07, 6.45) is -8.12. The lowest BCUT2D eigenvalue weighted by Crippen LogP contribution is -2.61. The van der Waals surface area contributed by atoms with Crippen LogP contribution < -0.4 is 10.5 Å². The van der Waals surface area contributed by atoms with Gasteiger partial charge in [0.05, 0.1) is 19.5 Å². The van der Waals surface area contributed by atoms with Crippen molar-refractivity contribution in [2.75, 3.05) is 13.7 Å². The number of benzene rings is 1. The molecule has 0 radical (unpaired) electrons. The Morgan fingerprint density at radius 1 is 1.09 bits per heavy atom. The molecule has 0 fully saturated rings. The van der Waals surface area contributed by atoms with Crippen LogP contribution >= 0.6 is 0 Å². The Labute approximate surface area is 244 Å². The molecule has 1 aromatic carbocycles. The third-order valence-corrected chi connectivity index (χ3v) is 10.1. The highest BCUT2D eigenvalue weighted by Gasteiger charge is 2.60. The Balaban J connectivity index is 1.91. The number of ether oxygens (including phenoxy) is 2. The van der Waals surface area contributed by atoms with Crippen LogP contribution in [-0.2, 0) is 24.8 Å². The highest BCUT2D eigenvalue weighted by Crippen LogP contribution is 2.46. The smallest absolute Gasteiger partial charge is 0.480 e. The summed E-state index contributed by atoms with van der Waals surface area (Å²) < 4.78 is 125. The number of halogens is 7. The van der Waals surface area contributed by atoms with Gasteiger partial charge in [0.1, 0.15) is 49.6 Å². The molecule has 0 bridgehead atoms. The number of esters is 1. The van der Waals surface area contributed by atoms with Crippen LogP contribution in [0.3, 0.4) is 0 Å². The third-order valence-electron chi connectivity index (χ3n) is 6.74. The minimum atomic E-state index is -5.68. The Bertz CT molecular complexity index is 1730. The molecule has 0 aliphatic carbocycles. The van der Waals surface area contributed by atoms with Gasteiger partial charge in [-0.15, -0.1) is 0 Å². The Morgan fingerprint density at radius 2 is 1.77 bits per heavy atom. The molecule has 238 valence electrons. The number of alkyl halides is 6. The highest BCUT2D eigenvalue weighted by molar-refractivity contribution is 7.96. The molecule has 11 nitrogen and oxygen atoms in total. The van der Waals surface area contributed by atoms with Crippen molar-refractivity contribution in [3.8, 4) is 28.6 Å². The van der Waals surface area contributed by atoms with E-state index in [2.05, 4.69) is 29.2 Å². The van der Waals surface area contributed by atoms with Crippen LogP contribution in [0.15, 0.2) is 50.5 Å². The van der Waals surface area contributed by atoms with E-state index in [-0.39, 0.29) is 28.6 Å². The second kappa shape index (κ2) is 11.0. The Hall–Kier alpha value is -4.29. The number of hydrogen-bond acceptors (Lipinski definition) is 11. The van der Waals surface area contributed by atoms with Crippen molar-refractivity contribution in [2.24, 2.45) is 15.1 Å². The number of carbonyl (C=O) groups is 1. The number of carbonyl (C=O) groups excluding carboxylic acids is 1. The molecule has 1 aliphatic rings. The molecule has 0 saturated heterocycles. The summed E-state index contributed by atoms with van der Waals surface area (Å²) in [7, 11) is -3.37. The van der Waals surface area contributed by atoms with Crippen LogP contribution in [-0.4, -0.2) is 67.3 Å². The maximum atomic E-state index is 15.5. The van der Waals surface area contributed by atoms with Crippen LogP contribution in [0.4, 0.5) is 30.7 Å². The van der Waals surface area contributed by atoms with Crippen molar-refractivity contribution >= 4 is 21.5 Å². The summed E-state index contributed by atoms with van der Waals surface area (Å²) in [6.45, 7) is 0.823. The summed E-state index contributed by atoms with van der Waals surface area (Å²) in [5, 5.41) is 3.86. The minimum absolute atomic E-state index is 0.0260. The van der Waals surface area contributed by atoms with Gasteiger partial charge in [-0.3, -0.25) is 4.99 Å². The zero-order chi connectivity index (χ0) is 32.9. The van der Waals surface area contributed by atoms with Crippen molar-refractivity contribution < 1.29 is 53.7 Å². The number of methoxy groups -OCH3 is 1. The molecule has 4 rings (SSSR count). The maximum Gasteiger partial charge on any atom is 0.490 e. The molecule has 0 saturated carbocycles. The molecule has 44 heavy (non-hydrogen) atoms. The van der Waals surface area contributed by atoms with Gasteiger partial charge in [-0.05, 0) is 39.0 Å². The van der Waals surface area contributed by atoms with Gasteiger partial charge >= 0.3 is 18.3 Å². The normalized spacial score (nSPS) is 23.5. The number of nitrogens with two attached hydrogens (primary N) is 1. The van der Waals surface area contributed by atoms with Gasteiger partial charge in [0.2, 0.25) is 11.3 Å². The molecule has 0 amide bonds. The maximum absolute atomic E-state index is 15.5. The second-order valence-electron chi connectivity index (χ2n) is 10.1. The van der Waals surface area contributed by atoms with Gasteiger partial charge in [-0.2, -0.15) is 26.3 Å². The fourth-order valence-corrected chi connectivity index (χ4v) is 6.94. The first-order chi connectivity index (χ1) is 20.2. The molecule has 0 spiro atoms. The summed E-state index contributed by atoms with van der Waals surface area (Å²) in [5.41, 5.74) is 0.523. The van der Waals surface area contributed by atoms with Gasteiger partial charge < -0.3 is 19.7 Å². The number of rotatable bonds is 6. The lowest BCUT2D eigenvalue weighted by atomic mass is 9.90. The molecule has 2 N–H and O–H groups in total. The van der Waals surface area contributed by atoms with E-state index in [0.29, 0.717) is 0 Å². The third kappa shape index (κ3) is 5.91. The predicted octanol–water partition coefficient (Wildman–Crippen LogP) is 4.77. The van der Waals surface area contributed by atoms with Gasteiger partial charge in [-0.1, -0.05) is 5.16 Å². The van der Waals surface area contributed by atoms with E-state index in [4.69, 9.17) is 15.0 Å². The number of hydrogen-bond donors (Lipinski definition) is 1. The first-order valence-electron chi connectivity index (χ1n) is 12.3. The molecule has 3 heterocycles. The first-order valence-corrected chi connectivity index (χ1v) is 13.9. The highest BCUT2D eigenvalue weighted by atomic mass is 32.2. The van der Waals surface area contributed by atoms with Gasteiger partial charge in [-0.25, -0.2) is 27.7 Å². The largest absolute Gasteiger partial charge is 0.490 e. The van der Waals surface area contributed by atoms with Crippen LogP contribution in [0.5, 0.6) is 5.88 Å².